The minimum absolute atomic E-state index is 0.192. The molecule has 0 aliphatic carbocycles. The van der Waals surface area contributed by atoms with Crippen LogP contribution in [0.2, 0.25) is 0 Å². The molecule has 23 heavy (non-hydrogen) atoms. The van der Waals surface area contributed by atoms with Gasteiger partial charge in [-0.2, -0.15) is 0 Å². The molecule has 2 aromatic carbocycles. The van der Waals surface area contributed by atoms with Crippen LogP contribution in [-0.2, 0) is 4.79 Å². The maximum atomic E-state index is 12.0. The van der Waals surface area contributed by atoms with Crippen LogP contribution in [0.3, 0.4) is 0 Å². The molecule has 0 bridgehead atoms. The Morgan fingerprint density at radius 2 is 1.78 bits per heavy atom. The Morgan fingerprint density at radius 3 is 2.57 bits per heavy atom. The summed E-state index contributed by atoms with van der Waals surface area (Å²) < 4.78 is 12.2. The van der Waals surface area contributed by atoms with Crippen molar-refractivity contribution in [1.82, 2.24) is 0 Å². The number of ether oxygens (including phenoxy) is 2. The molecule has 0 spiro atoms. The van der Waals surface area contributed by atoms with E-state index in [1.54, 1.807) is 18.2 Å². The molecule has 0 fully saturated rings. The number of carbonyl (C=O) groups excluding carboxylic acids is 1. The molecule has 0 saturated heterocycles. The highest BCUT2D eigenvalue weighted by molar-refractivity contribution is 9.10. The molecule has 1 aliphatic rings. The van der Waals surface area contributed by atoms with Crippen molar-refractivity contribution in [3.8, 4) is 11.5 Å². The molecule has 1 aliphatic heterocycles. The Bertz CT molecular complexity index is 726. The number of amides is 1. The molecule has 118 valence electrons. The highest BCUT2D eigenvalue weighted by Gasteiger charge is 2.11. The number of anilines is 1. The van der Waals surface area contributed by atoms with Gasteiger partial charge in [-0.15, -0.1) is 0 Å². The molecular weight excluding hydrogens is 358 g/mol. The molecule has 0 aromatic heterocycles. The highest BCUT2D eigenvalue weighted by Crippen LogP contribution is 2.32. The molecule has 3 rings (SSSR count). The van der Waals surface area contributed by atoms with Crippen LogP contribution in [0.1, 0.15) is 12.0 Å². The third kappa shape index (κ3) is 4.36. The smallest absolute Gasteiger partial charge is 0.248 e. The number of hydrogen-bond donors (Lipinski definition) is 1. The molecule has 0 unspecified atom stereocenters. The van der Waals surface area contributed by atoms with Crippen LogP contribution in [0.15, 0.2) is 53.0 Å². The van der Waals surface area contributed by atoms with Gasteiger partial charge < -0.3 is 14.8 Å². The number of halogens is 1. The average molecular weight is 374 g/mol. The largest absolute Gasteiger partial charge is 0.490 e. The molecule has 0 atom stereocenters. The summed E-state index contributed by atoms with van der Waals surface area (Å²) in [6.07, 6.45) is 4.13. The number of nitrogens with one attached hydrogen (secondary N) is 1. The second kappa shape index (κ2) is 7.33. The Balaban J connectivity index is 1.65. The van der Waals surface area contributed by atoms with E-state index in [4.69, 9.17) is 9.47 Å². The van der Waals surface area contributed by atoms with Gasteiger partial charge in [-0.05, 0) is 35.9 Å². The minimum atomic E-state index is -0.192. The average Bonchev–Trinajstić information content (AvgIpc) is 2.79. The van der Waals surface area contributed by atoms with Crippen LogP contribution < -0.4 is 14.8 Å². The molecule has 1 amide bonds. The fraction of sp³-hybridized carbons (Fsp3) is 0.167. The van der Waals surface area contributed by atoms with Crippen LogP contribution in [0, 0.1) is 0 Å². The van der Waals surface area contributed by atoms with Gasteiger partial charge in [-0.1, -0.05) is 28.1 Å². The van der Waals surface area contributed by atoms with Crippen LogP contribution in [0.4, 0.5) is 5.69 Å². The number of rotatable bonds is 3. The second-order valence-electron chi connectivity index (χ2n) is 5.09. The van der Waals surface area contributed by atoms with Crippen molar-refractivity contribution in [2.45, 2.75) is 6.42 Å². The summed E-state index contributed by atoms with van der Waals surface area (Å²) >= 11 is 3.38. The summed E-state index contributed by atoms with van der Waals surface area (Å²) in [5.41, 5.74) is 1.64. The Hall–Kier alpha value is -2.27. The fourth-order valence-corrected chi connectivity index (χ4v) is 2.44. The van der Waals surface area contributed by atoms with E-state index in [0.29, 0.717) is 30.4 Å². The van der Waals surface area contributed by atoms with Gasteiger partial charge in [-0.3, -0.25) is 4.79 Å². The van der Waals surface area contributed by atoms with Crippen LogP contribution in [0.5, 0.6) is 11.5 Å². The van der Waals surface area contributed by atoms with Crippen molar-refractivity contribution in [2.75, 3.05) is 18.5 Å². The van der Waals surface area contributed by atoms with E-state index in [-0.39, 0.29) is 5.91 Å². The fourth-order valence-electron chi connectivity index (χ4n) is 2.17. The summed E-state index contributed by atoms with van der Waals surface area (Å²) in [6, 6.07) is 13.1. The summed E-state index contributed by atoms with van der Waals surface area (Å²) in [5, 5.41) is 2.82. The molecule has 1 heterocycles. The highest BCUT2D eigenvalue weighted by atomic mass is 79.9. The van der Waals surface area contributed by atoms with Gasteiger partial charge in [0.25, 0.3) is 0 Å². The van der Waals surface area contributed by atoms with E-state index < -0.39 is 0 Å². The monoisotopic (exact) mass is 373 g/mol. The number of hydrogen-bond acceptors (Lipinski definition) is 3. The first-order valence-electron chi connectivity index (χ1n) is 7.35. The van der Waals surface area contributed by atoms with Gasteiger partial charge in [0.2, 0.25) is 5.91 Å². The summed E-state index contributed by atoms with van der Waals surface area (Å²) in [6.45, 7) is 1.27. The second-order valence-corrected chi connectivity index (χ2v) is 6.00. The van der Waals surface area contributed by atoms with Crippen molar-refractivity contribution in [1.29, 1.82) is 0 Å². The van der Waals surface area contributed by atoms with Gasteiger partial charge in [0.15, 0.2) is 11.5 Å². The zero-order valence-corrected chi connectivity index (χ0v) is 14.0. The van der Waals surface area contributed by atoms with Gasteiger partial charge in [0.1, 0.15) is 0 Å². The predicted octanol–water partition coefficient (Wildman–Crippen LogP) is 4.26. The quantitative estimate of drug-likeness (QED) is 0.817. The van der Waals surface area contributed by atoms with Crippen LogP contribution in [0.25, 0.3) is 6.08 Å². The van der Waals surface area contributed by atoms with Crippen LogP contribution in [-0.4, -0.2) is 19.1 Å². The number of benzene rings is 2. The molecule has 4 nitrogen and oxygen atoms in total. The lowest BCUT2D eigenvalue weighted by Gasteiger charge is -2.09. The molecule has 5 heteroatoms. The predicted molar refractivity (Wildman–Crippen MR) is 93.9 cm³/mol. The van der Waals surface area contributed by atoms with E-state index in [2.05, 4.69) is 21.2 Å². The number of carbonyl (C=O) groups is 1. The number of fused-ring (bicyclic) bond motifs is 1. The van der Waals surface area contributed by atoms with Gasteiger partial charge in [-0.25, -0.2) is 0 Å². The Labute approximate surface area is 143 Å². The molecule has 0 saturated carbocycles. The third-order valence-corrected chi connectivity index (χ3v) is 3.84. The lowest BCUT2D eigenvalue weighted by atomic mass is 10.2. The van der Waals surface area contributed by atoms with E-state index in [1.165, 1.54) is 6.08 Å². The molecule has 2 aromatic rings. The third-order valence-electron chi connectivity index (χ3n) is 3.31. The standard InChI is InChI=1S/C18H16BrNO3/c19-14-5-2-13(3-6-14)4-9-18(21)20-15-7-8-16-17(12-15)23-11-1-10-22-16/h2-9,12H,1,10-11H2,(H,20,21)/b9-4+. The SMILES string of the molecule is O=C(/C=C/c1ccc(Br)cc1)Nc1ccc2c(c1)OCCCO2. The van der Waals surface area contributed by atoms with Gasteiger partial charge >= 0.3 is 0 Å². The molecule has 0 radical (unpaired) electrons. The maximum Gasteiger partial charge on any atom is 0.248 e. The first kappa shape index (κ1) is 15.6. The summed E-state index contributed by atoms with van der Waals surface area (Å²) in [5.74, 6) is 1.19. The molecular formula is C18H16BrNO3. The lowest BCUT2D eigenvalue weighted by molar-refractivity contribution is -0.111. The Morgan fingerprint density at radius 1 is 1.04 bits per heavy atom. The van der Waals surface area contributed by atoms with Gasteiger partial charge in [0.05, 0.1) is 13.2 Å². The zero-order chi connectivity index (χ0) is 16.1. The van der Waals surface area contributed by atoms with E-state index in [9.17, 15) is 4.79 Å². The topological polar surface area (TPSA) is 47.6 Å². The van der Waals surface area contributed by atoms with E-state index >= 15 is 0 Å². The van der Waals surface area contributed by atoms with Crippen molar-refractivity contribution in [2.24, 2.45) is 0 Å². The zero-order valence-electron chi connectivity index (χ0n) is 12.4. The van der Waals surface area contributed by atoms with Crippen molar-refractivity contribution >= 4 is 33.6 Å². The normalized spacial score (nSPS) is 13.6. The van der Waals surface area contributed by atoms with Crippen molar-refractivity contribution in [3.63, 3.8) is 0 Å². The van der Waals surface area contributed by atoms with Crippen LogP contribution >= 0.6 is 15.9 Å². The van der Waals surface area contributed by atoms with Crippen molar-refractivity contribution < 1.29 is 14.3 Å². The minimum Gasteiger partial charge on any atom is -0.490 e. The van der Waals surface area contributed by atoms with E-state index in [0.717, 1.165) is 16.5 Å². The first-order chi connectivity index (χ1) is 11.2. The summed E-state index contributed by atoms with van der Waals surface area (Å²) in [7, 11) is 0. The van der Waals surface area contributed by atoms with Gasteiger partial charge in [0, 0.05) is 28.7 Å². The molecule has 1 N–H and O–H groups in total. The van der Waals surface area contributed by atoms with Crippen molar-refractivity contribution in [3.05, 3.63) is 58.6 Å². The maximum absolute atomic E-state index is 12.0. The Kier molecular flexibility index (Phi) is 4.98. The summed E-state index contributed by atoms with van der Waals surface area (Å²) in [4.78, 5) is 12.0. The van der Waals surface area contributed by atoms with E-state index in [1.807, 2.05) is 30.3 Å². The lowest BCUT2D eigenvalue weighted by Crippen LogP contribution is -2.07. The first-order valence-corrected chi connectivity index (χ1v) is 8.14.